The number of aromatic nitrogens is 1. The van der Waals surface area contributed by atoms with E-state index in [1.165, 1.54) is 27.5 Å². The van der Waals surface area contributed by atoms with Crippen molar-refractivity contribution in [2.75, 3.05) is 4.90 Å². The molecule has 3 nitrogen and oxygen atoms in total. The zero-order chi connectivity index (χ0) is 34.4. The molecule has 0 bridgehead atoms. The van der Waals surface area contributed by atoms with Crippen LogP contribution in [0.3, 0.4) is 0 Å². The van der Waals surface area contributed by atoms with Gasteiger partial charge in [-0.1, -0.05) is 140 Å². The van der Waals surface area contributed by atoms with Crippen molar-refractivity contribution < 1.29 is 4.42 Å². The second-order valence-corrected chi connectivity index (χ2v) is 13.2. The normalized spacial score (nSPS) is 11.5. The van der Waals surface area contributed by atoms with Gasteiger partial charge in [0, 0.05) is 39.3 Å². The van der Waals surface area contributed by atoms with Crippen molar-refractivity contribution >= 4 is 60.8 Å². The molecule has 0 saturated carbocycles. The molecule has 0 amide bonds. The van der Waals surface area contributed by atoms with Crippen molar-refractivity contribution in [3.05, 3.63) is 194 Å². The standard InChI is InChI=1S/C49H32N2O/c1-2-11-33(12-3-1)37-16-8-18-40(29-37)51(42-27-28-45-46-31-39-14-5-7-22-47(39)50-49(46)52-48(45)32-42)41-19-9-17-38(30-41)34-23-25-36(26-24-34)44-21-10-15-35-13-4-6-20-43(35)44/h1-32H. The molecule has 2 aromatic heterocycles. The lowest BCUT2D eigenvalue weighted by Crippen LogP contribution is -2.10. The summed E-state index contributed by atoms with van der Waals surface area (Å²) in [5.74, 6) is 0. The van der Waals surface area contributed by atoms with Crippen LogP contribution >= 0.6 is 0 Å². The molecule has 0 radical (unpaired) electrons. The molecule has 0 saturated heterocycles. The summed E-state index contributed by atoms with van der Waals surface area (Å²) in [6.45, 7) is 0. The summed E-state index contributed by atoms with van der Waals surface area (Å²) in [5, 5.41) is 5.68. The first-order valence-electron chi connectivity index (χ1n) is 17.6. The Hall–Kier alpha value is -6.97. The van der Waals surface area contributed by atoms with Crippen LogP contribution in [0.4, 0.5) is 17.1 Å². The van der Waals surface area contributed by atoms with E-state index in [4.69, 9.17) is 9.40 Å². The minimum atomic E-state index is 0.650. The summed E-state index contributed by atoms with van der Waals surface area (Å²) in [4.78, 5) is 7.17. The Balaban J connectivity index is 1.09. The molecule has 3 heteroatoms. The molecule has 0 fully saturated rings. The Labute approximate surface area is 301 Å². The van der Waals surface area contributed by atoms with Crippen molar-refractivity contribution in [2.45, 2.75) is 0 Å². The van der Waals surface area contributed by atoms with E-state index in [9.17, 15) is 0 Å². The third-order valence-corrected chi connectivity index (χ3v) is 10.0. The van der Waals surface area contributed by atoms with Gasteiger partial charge >= 0.3 is 0 Å². The van der Waals surface area contributed by atoms with Gasteiger partial charge in [-0.25, -0.2) is 4.98 Å². The molecule has 0 N–H and O–H groups in total. The predicted molar refractivity (Wildman–Crippen MR) is 218 cm³/mol. The average Bonchev–Trinajstić information content (AvgIpc) is 3.57. The fraction of sp³-hybridized carbons (Fsp3) is 0. The molecule has 0 aliphatic heterocycles. The van der Waals surface area contributed by atoms with Crippen molar-refractivity contribution in [3.63, 3.8) is 0 Å². The van der Waals surface area contributed by atoms with E-state index in [-0.39, 0.29) is 0 Å². The van der Waals surface area contributed by atoms with Crippen LogP contribution in [0, 0.1) is 0 Å². The van der Waals surface area contributed by atoms with Gasteiger partial charge in [-0.2, -0.15) is 0 Å². The Morgan fingerprint density at radius 1 is 0.365 bits per heavy atom. The van der Waals surface area contributed by atoms with Crippen LogP contribution in [0.1, 0.15) is 0 Å². The molecule has 10 rings (SSSR count). The molecule has 52 heavy (non-hydrogen) atoms. The fourth-order valence-electron chi connectivity index (χ4n) is 7.48. The van der Waals surface area contributed by atoms with E-state index in [0.29, 0.717) is 5.71 Å². The van der Waals surface area contributed by atoms with Gasteiger partial charge < -0.3 is 9.32 Å². The lowest BCUT2D eigenvalue weighted by atomic mass is 9.96. The summed E-state index contributed by atoms with van der Waals surface area (Å²) in [6.07, 6.45) is 0. The zero-order valence-corrected chi connectivity index (χ0v) is 28.3. The Bertz CT molecular complexity index is 2900. The molecule has 2 heterocycles. The first-order valence-corrected chi connectivity index (χ1v) is 17.6. The summed E-state index contributed by atoms with van der Waals surface area (Å²) in [7, 11) is 0. The van der Waals surface area contributed by atoms with Gasteiger partial charge in [-0.15, -0.1) is 0 Å². The number of hydrogen-bond donors (Lipinski definition) is 0. The van der Waals surface area contributed by atoms with Crippen LogP contribution in [-0.2, 0) is 0 Å². The molecule has 10 aromatic rings. The predicted octanol–water partition coefficient (Wildman–Crippen LogP) is 13.8. The minimum absolute atomic E-state index is 0.650. The van der Waals surface area contributed by atoms with E-state index in [1.54, 1.807) is 0 Å². The van der Waals surface area contributed by atoms with Crippen molar-refractivity contribution in [2.24, 2.45) is 0 Å². The first-order chi connectivity index (χ1) is 25.7. The number of para-hydroxylation sites is 1. The quantitative estimate of drug-likeness (QED) is 0.177. The van der Waals surface area contributed by atoms with E-state index in [0.717, 1.165) is 61.0 Å². The van der Waals surface area contributed by atoms with Gasteiger partial charge in [-0.3, -0.25) is 0 Å². The van der Waals surface area contributed by atoms with Crippen LogP contribution in [0.15, 0.2) is 199 Å². The van der Waals surface area contributed by atoms with E-state index in [1.807, 2.05) is 18.2 Å². The van der Waals surface area contributed by atoms with Crippen LogP contribution < -0.4 is 4.90 Å². The SMILES string of the molecule is c1ccc(-c2cccc(N(c3cccc(-c4ccc(-c5cccc6ccccc56)cc4)c3)c3ccc4c(c3)oc3nc5ccccc5cc34)c2)cc1. The topological polar surface area (TPSA) is 29.3 Å². The molecule has 0 aliphatic rings. The number of hydrogen-bond acceptors (Lipinski definition) is 3. The molecule has 244 valence electrons. The van der Waals surface area contributed by atoms with Crippen molar-refractivity contribution in [1.29, 1.82) is 0 Å². The smallest absolute Gasteiger partial charge is 0.227 e. The maximum absolute atomic E-state index is 6.45. The highest BCUT2D eigenvalue weighted by atomic mass is 16.3. The lowest BCUT2D eigenvalue weighted by molar-refractivity contribution is 0.656. The van der Waals surface area contributed by atoms with E-state index in [2.05, 4.69) is 181 Å². The molecule has 8 aromatic carbocycles. The highest BCUT2D eigenvalue weighted by molar-refractivity contribution is 6.08. The zero-order valence-electron chi connectivity index (χ0n) is 28.3. The lowest BCUT2D eigenvalue weighted by Gasteiger charge is -2.26. The van der Waals surface area contributed by atoms with Gasteiger partial charge in [0.2, 0.25) is 5.71 Å². The van der Waals surface area contributed by atoms with Crippen LogP contribution in [0.2, 0.25) is 0 Å². The number of furan rings is 1. The van der Waals surface area contributed by atoms with Gasteiger partial charge in [0.1, 0.15) is 5.58 Å². The molecule has 0 atom stereocenters. The summed E-state index contributed by atoms with van der Waals surface area (Å²) in [6, 6.07) is 68.9. The summed E-state index contributed by atoms with van der Waals surface area (Å²) >= 11 is 0. The van der Waals surface area contributed by atoms with Crippen molar-refractivity contribution in [1.82, 2.24) is 4.98 Å². The number of nitrogens with zero attached hydrogens (tertiary/aromatic N) is 2. The first kappa shape index (κ1) is 29.9. The maximum atomic E-state index is 6.45. The summed E-state index contributed by atoms with van der Waals surface area (Å²) in [5.41, 5.74) is 12.6. The average molecular weight is 665 g/mol. The second kappa shape index (κ2) is 12.4. The number of rotatable bonds is 6. The fourth-order valence-corrected chi connectivity index (χ4v) is 7.48. The monoisotopic (exact) mass is 664 g/mol. The van der Waals surface area contributed by atoms with Crippen LogP contribution in [0.5, 0.6) is 0 Å². The number of benzene rings is 8. The van der Waals surface area contributed by atoms with E-state index >= 15 is 0 Å². The maximum Gasteiger partial charge on any atom is 0.227 e. The van der Waals surface area contributed by atoms with Gasteiger partial charge in [-0.05, 0) is 92.7 Å². The third kappa shape index (κ3) is 5.28. The molecular weight excluding hydrogens is 633 g/mol. The number of anilines is 3. The molecule has 0 unspecified atom stereocenters. The van der Waals surface area contributed by atoms with Gasteiger partial charge in [0.25, 0.3) is 0 Å². The van der Waals surface area contributed by atoms with Gasteiger partial charge in [0.15, 0.2) is 0 Å². The number of pyridine rings is 1. The van der Waals surface area contributed by atoms with E-state index < -0.39 is 0 Å². The molecule has 0 spiro atoms. The largest absolute Gasteiger partial charge is 0.438 e. The Morgan fingerprint density at radius 3 is 1.75 bits per heavy atom. The number of fused-ring (bicyclic) bond motifs is 5. The minimum Gasteiger partial charge on any atom is -0.438 e. The Kier molecular flexibility index (Phi) is 7.14. The summed E-state index contributed by atoms with van der Waals surface area (Å²) < 4.78 is 6.45. The highest BCUT2D eigenvalue weighted by Crippen LogP contribution is 2.41. The van der Waals surface area contributed by atoms with Gasteiger partial charge in [0.05, 0.1) is 5.52 Å². The van der Waals surface area contributed by atoms with Crippen LogP contribution in [0.25, 0.3) is 77.1 Å². The van der Waals surface area contributed by atoms with Crippen molar-refractivity contribution in [3.8, 4) is 33.4 Å². The third-order valence-electron chi connectivity index (χ3n) is 10.0. The second-order valence-electron chi connectivity index (χ2n) is 13.2. The Morgan fingerprint density at radius 2 is 0.962 bits per heavy atom. The van der Waals surface area contributed by atoms with Crippen LogP contribution in [-0.4, -0.2) is 4.98 Å². The molecular formula is C49H32N2O. The molecule has 0 aliphatic carbocycles. The highest BCUT2D eigenvalue weighted by Gasteiger charge is 2.18.